The Morgan fingerprint density at radius 3 is 2.56 bits per heavy atom. The Labute approximate surface area is 121 Å². The van der Waals surface area contributed by atoms with Crippen LogP contribution in [0.5, 0.6) is 0 Å². The first-order valence-corrected chi connectivity index (χ1v) is 8.60. The van der Waals surface area contributed by atoms with Crippen LogP contribution >= 0.6 is 15.9 Å². The molecule has 0 spiro atoms. The highest BCUT2D eigenvalue weighted by molar-refractivity contribution is 9.09. The molecule has 0 aromatic carbocycles. The van der Waals surface area contributed by atoms with Crippen molar-refractivity contribution in [2.24, 2.45) is 11.3 Å². The van der Waals surface area contributed by atoms with Crippen LogP contribution in [-0.2, 0) is 9.47 Å². The molecule has 1 aliphatic rings. The Bertz CT molecular complexity index is 203. The van der Waals surface area contributed by atoms with E-state index in [1.807, 2.05) is 0 Å². The van der Waals surface area contributed by atoms with Crippen LogP contribution in [0, 0.1) is 11.3 Å². The maximum absolute atomic E-state index is 6.03. The second-order valence-electron chi connectivity index (χ2n) is 5.68. The molecule has 18 heavy (non-hydrogen) atoms. The molecular weight excluding hydrogens is 292 g/mol. The Morgan fingerprint density at radius 2 is 2.00 bits per heavy atom. The van der Waals surface area contributed by atoms with Gasteiger partial charge < -0.3 is 9.47 Å². The molecule has 1 aliphatic heterocycles. The first-order chi connectivity index (χ1) is 8.76. The summed E-state index contributed by atoms with van der Waals surface area (Å²) < 4.78 is 11.5. The summed E-state index contributed by atoms with van der Waals surface area (Å²) >= 11 is 3.66. The molecular formula is C15H29BrO2. The summed E-state index contributed by atoms with van der Waals surface area (Å²) in [6.07, 6.45) is 7.44. The number of halogens is 1. The molecule has 1 heterocycles. The van der Waals surface area contributed by atoms with Crippen molar-refractivity contribution in [2.75, 3.05) is 31.8 Å². The average Bonchev–Trinajstić information content (AvgIpc) is 2.43. The normalized spacial score (nSPS) is 20.8. The van der Waals surface area contributed by atoms with Gasteiger partial charge in [-0.15, -0.1) is 0 Å². The monoisotopic (exact) mass is 320 g/mol. The van der Waals surface area contributed by atoms with Gasteiger partial charge >= 0.3 is 0 Å². The molecule has 3 heteroatoms. The van der Waals surface area contributed by atoms with Gasteiger partial charge in [0, 0.05) is 30.6 Å². The SMILES string of the molecule is CCCCC(CC)COCC1(CBr)CCOCC1. The summed E-state index contributed by atoms with van der Waals surface area (Å²) in [4.78, 5) is 0. The highest BCUT2D eigenvalue weighted by Gasteiger charge is 2.31. The maximum Gasteiger partial charge on any atom is 0.0532 e. The van der Waals surface area contributed by atoms with Gasteiger partial charge in [0.1, 0.15) is 0 Å². The van der Waals surface area contributed by atoms with E-state index in [1.54, 1.807) is 0 Å². The lowest BCUT2D eigenvalue weighted by Crippen LogP contribution is -2.36. The summed E-state index contributed by atoms with van der Waals surface area (Å²) in [6, 6.07) is 0. The van der Waals surface area contributed by atoms with Crippen molar-refractivity contribution in [2.45, 2.75) is 52.4 Å². The molecule has 0 N–H and O–H groups in total. The standard InChI is InChI=1S/C15H29BrO2/c1-3-5-6-14(4-2)11-18-13-15(12-16)7-9-17-10-8-15/h14H,3-13H2,1-2H3. The number of alkyl halides is 1. The molecule has 1 fully saturated rings. The van der Waals surface area contributed by atoms with E-state index in [-0.39, 0.29) is 0 Å². The Balaban J connectivity index is 2.24. The van der Waals surface area contributed by atoms with Crippen molar-refractivity contribution < 1.29 is 9.47 Å². The topological polar surface area (TPSA) is 18.5 Å². The van der Waals surface area contributed by atoms with E-state index in [1.165, 1.54) is 25.7 Å². The molecule has 108 valence electrons. The van der Waals surface area contributed by atoms with Gasteiger partial charge in [0.2, 0.25) is 0 Å². The summed E-state index contributed by atoms with van der Waals surface area (Å²) in [6.45, 7) is 8.15. The van der Waals surface area contributed by atoms with Gasteiger partial charge in [0.25, 0.3) is 0 Å². The van der Waals surface area contributed by atoms with Crippen LogP contribution in [0.1, 0.15) is 52.4 Å². The van der Waals surface area contributed by atoms with Crippen LogP contribution in [-0.4, -0.2) is 31.8 Å². The van der Waals surface area contributed by atoms with Gasteiger partial charge in [0.05, 0.1) is 6.61 Å². The van der Waals surface area contributed by atoms with Crippen molar-refractivity contribution >= 4 is 15.9 Å². The van der Waals surface area contributed by atoms with Crippen molar-refractivity contribution in [1.82, 2.24) is 0 Å². The van der Waals surface area contributed by atoms with Crippen LogP contribution in [0.3, 0.4) is 0 Å². The fourth-order valence-electron chi connectivity index (χ4n) is 2.46. The zero-order chi connectivity index (χ0) is 13.3. The number of hydrogen-bond donors (Lipinski definition) is 0. The molecule has 0 radical (unpaired) electrons. The van der Waals surface area contributed by atoms with E-state index in [9.17, 15) is 0 Å². The molecule has 0 aromatic rings. The summed E-state index contributed by atoms with van der Waals surface area (Å²) in [5.41, 5.74) is 0.321. The minimum Gasteiger partial charge on any atom is -0.381 e. The summed E-state index contributed by atoms with van der Waals surface area (Å²) in [5.74, 6) is 0.747. The fraction of sp³-hybridized carbons (Fsp3) is 1.00. The average molecular weight is 321 g/mol. The van der Waals surface area contributed by atoms with Crippen LogP contribution in [0.15, 0.2) is 0 Å². The Kier molecular flexibility index (Phi) is 8.53. The van der Waals surface area contributed by atoms with E-state index in [0.29, 0.717) is 5.41 Å². The third-order valence-electron chi connectivity index (χ3n) is 4.14. The lowest BCUT2D eigenvalue weighted by molar-refractivity contribution is -0.0346. The Hall–Kier alpha value is 0.400. The predicted octanol–water partition coefficient (Wildman–Crippen LogP) is 4.41. The fourth-order valence-corrected chi connectivity index (χ4v) is 3.18. The van der Waals surface area contributed by atoms with Gasteiger partial charge in [-0.1, -0.05) is 49.0 Å². The van der Waals surface area contributed by atoms with E-state index in [0.717, 1.165) is 50.5 Å². The molecule has 0 bridgehead atoms. The molecule has 0 aliphatic carbocycles. The van der Waals surface area contributed by atoms with Gasteiger partial charge in [-0.2, -0.15) is 0 Å². The smallest absolute Gasteiger partial charge is 0.0532 e. The van der Waals surface area contributed by atoms with Crippen LogP contribution in [0.25, 0.3) is 0 Å². The van der Waals surface area contributed by atoms with Crippen LogP contribution in [0.4, 0.5) is 0 Å². The molecule has 1 rings (SSSR count). The van der Waals surface area contributed by atoms with E-state index >= 15 is 0 Å². The maximum atomic E-state index is 6.03. The molecule has 0 aromatic heterocycles. The summed E-state index contributed by atoms with van der Waals surface area (Å²) in [7, 11) is 0. The van der Waals surface area contributed by atoms with Gasteiger partial charge in [-0.3, -0.25) is 0 Å². The number of unbranched alkanes of at least 4 members (excludes halogenated alkanes) is 1. The first-order valence-electron chi connectivity index (χ1n) is 7.48. The molecule has 2 nitrogen and oxygen atoms in total. The summed E-state index contributed by atoms with van der Waals surface area (Å²) in [5, 5.41) is 1.04. The second kappa shape index (κ2) is 9.33. The van der Waals surface area contributed by atoms with Gasteiger partial charge in [-0.05, 0) is 25.2 Å². The lowest BCUT2D eigenvalue weighted by atomic mass is 9.83. The molecule has 0 amide bonds. The van der Waals surface area contributed by atoms with Crippen molar-refractivity contribution in [1.29, 1.82) is 0 Å². The highest BCUT2D eigenvalue weighted by atomic mass is 79.9. The van der Waals surface area contributed by atoms with Crippen molar-refractivity contribution in [3.05, 3.63) is 0 Å². The minimum absolute atomic E-state index is 0.321. The third-order valence-corrected chi connectivity index (χ3v) is 5.33. The molecule has 1 unspecified atom stereocenters. The third kappa shape index (κ3) is 5.58. The van der Waals surface area contributed by atoms with Crippen molar-refractivity contribution in [3.8, 4) is 0 Å². The molecule has 1 atom stereocenters. The molecule has 1 saturated heterocycles. The minimum atomic E-state index is 0.321. The zero-order valence-electron chi connectivity index (χ0n) is 12.0. The van der Waals surface area contributed by atoms with E-state index in [4.69, 9.17) is 9.47 Å². The quantitative estimate of drug-likeness (QED) is 0.586. The number of rotatable bonds is 9. The van der Waals surface area contributed by atoms with Crippen LogP contribution < -0.4 is 0 Å². The van der Waals surface area contributed by atoms with E-state index in [2.05, 4.69) is 29.8 Å². The number of ether oxygens (including phenoxy) is 2. The van der Waals surface area contributed by atoms with Crippen molar-refractivity contribution in [3.63, 3.8) is 0 Å². The largest absolute Gasteiger partial charge is 0.381 e. The first kappa shape index (κ1) is 16.5. The lowest BCUT2D eigenvalue weighted by Gasteiger charge is -2.35. The van der Waals surface area contributed by atoms with Crippen LogP contribution in [0.2, 0.25) is 0 Å². The Morgan fingerprint density at radius 1 is 1.28 bits per heavy atom. The second-order valence-corrected chi connectivity index (χ2v) is 6.24. The predicted molar refractivity (Wildman–Crippen MR) is 80.4 cm³/mol. The molecule has 0 saturated carbocycles. The number of hydrogen-bond acceptors (Lipinski definition) is 2. The zero-order valence-corrected chi connectivity index (χ0v) is 13.6. The van der Waals surface area contributed by atoms with Gasteiger partial charge in [0.15, 0.2) is 0 Å². The highest BCUT2D eigenvalue weighted by Crippen LogP contribution is 2.33. The van der Waals surface area contributed by atoms with E-state index < -0.39 is 0 Å². The van der Waals surface area contributed by atoms with Gasteiger partial charge in [-0.25, -0.2) is 0 Å².